The monoisotopic (exact) mass is 253 g/mol. The summed E-state index contributed by atoms with van der Waals surface area (Å²) in [4.78, 5) is 12.9. The Morgan fingerprint density at radius 1 is 1.50 bits per heavy atom. The van der Waals surface area contributed by atoms with Gasteiger partial charge in [0.1, 0.15) is 5.82 Å². The van der Waals surface area contributed by atoms with E-state index in [2.05, 4.69) is 5.32 Å². The molecule has 4 nitrogen and oxygen atoms in total. The molecule has 1 aromatic rings. The predicted molar refractivity (Wildman–Crippen MR) is 69.8 cm³/mol. The number of hydrogen-bond donors (Lipinski definition) is 2. The van der Waals surface area contributed by atoms with Crippen molar-refractivity contribution in [2.45, 2.75) is 13.0 Å². The van der Waals surface area contributed by atoms with Crippen molar-refractivity contribution in [3.8, 4) is 0 Å². The number of nitrogens with two attached hydrogens (primary N) is 1. The summed E-state index contributed by atoms with van der Waals surface area (Å²) >= 11 is 0. The summed E-state index contributed by atoms with van der Waals surface area (Å²) in [5.74, 6) is -0.991. The lowest BCUT2D eigenvalue weighted by Gasteiger charge is -2.17. The van der Waals surface area contributed by atoms with Gasteiger partial charge in [-0.1, -0.05) is 6.07 Å². The Hall–Kier alpha value is -1.46. The second kappa shape index (κ2) is 7.08. The first kappa shape index (κ1) is 14.6. The molecule has 0 aromatic heterocycles. The molecule has 5 heteroatoms. The molecule has 1 aromatic carbocycles. The van der Waals surface area contributed by atoms with E-state index in [4.69, 9.17) is 5.73 Å². The summed E-state index contributed by atoms with van der Waals surface area (Å²) in [5.41, 5.74) is 5.87. The van der Waals surface area contributed by atoms with Gasteiger partial charge in [0, 0.05) is 17.7 Å². The van der Waals surface area contributed by atoms with Gasteiger partial charge in [0.05, 0.1) is 0 Å². The summed E-state index contributed by atoms with van der Waals surface area (Å²) in [5, 5.41) is 3.07. The molecule has 0 aliphatic carbocycles. The van der Waals surface area contributed by atoms with Crippen molar-refractivity contribution >= 4 is 5.91 Å². The average molecular weight is 253 g/mol. The van der Waals surface area contributed by atoms with E-state index in [1.54, 1.807) is 12.1 Å². The van der Waals surface area contributed by atoms with Gasteiger partial charge in [0.25, 0.3) is 0 Å². The summed E-state index contributed by atoms with van der Waals surface area (Å²) in [6.45, 7) is 2.35. The minimum Gasteiger partial charge on any atom is -0.366 e. The van der Waals surface area contributed by atoms with Crippen molar-refractivity contribution < 1.29 is 9.18 Å². The molecule has 0 spiro atoms. The van der Waals surface area contributed by atoms with Crippen LogP contribution in [-0.2, 0) is 6.54 Å². The second-order valence-electron chi connectivity index (χ2n) is 4.37. The molecule has 0 fully saturated rings. The zero-order chi connectivity index (χ0) is 13.5. The smallest absolute Gasteiger partial charge is 0.248 e. The van der Waals surface area contributed by atoms with Crippen molar-refractivity contribution in [2.24, 2.45) is 5.73 Å². The molecule has 100 valence electrons. The van der Waals surface area contributed by atoms with Gasteiger partial charge in [0.2, 0.25) is 5.91 Å². The van der Waals surface area contributed by atoms with Crippen molar-refractivity contribution in [1.29, 1.82) is 0 Å². The van der Waals surface area contributed by atoms with Gasteiger partial charge >= 0.3 is 0 Å². The van der Waals surface area contributed by atoms with Crippen LogP contribution in [0.1, 0.15) is 22.3 Å². The van der Waals surface area contributed by atoms with Gasteiger partial charge in [-0.25, -0.2) is 4.39 Å². The summed E-state index contributed by atoms with van der Waals surface area (Å²) in [6, 6.07) is 4.37. The number of rotatable bonds is 7. The van der Waals surface area contributed by atoms with Crippen molar-refractivity contribution in [1.82, 2.24) is 10.2 Å². The van der Waals surface area contributed by atoms with Crippen LogP contribution in [0.25, 0.3) is 0 Å². The molecule has 0 heterocycles. The van der Waals surface area contributed by atoms with E-state index in [1.807, 2.05) is 19.0 Å². The van der Waals surface area contributed by atoms with E-state index >= 15 is 0 Å². The third-order valence-corrected chi connectivity index (χ3v) is 2.74. The van der Waals surface area contributed by atoms with Gasteiger partial charge in [0.15, 0.2) is 0 Å². The largest absolute Gasteiger partial charge is 0.366 e. The second-order valence-corrected chi connectivity index (χ2v) is 4.37. The first-order valence-electron chi connectivity index (χ1n) is 5.96. The minimum absolute atomic E-state index is 0.203. The zero-order valence-corrected chi connectivity index (χ0v) is 10.9. The van der Waals surface area contributed by atoms with Crippen molar-refractivity contribution in [2.75, 3.05) is 27.2 Å². The van der Waals surface area contributed by atoms with Crippen molar-refractivity contribution in [3.05, 3.63) is 35.1 Å². The fraction of sp³-hybridized carbons (Fsp3) is 0.462. The van der Waals surface area contributed by atoms with Gasteiger partial charge < -0.3 is 16.0 Å². The molecule has 0 aliphatic heterocycles. The average Bonchev–Trinajstić information content (AvgIpc) is 2.32. The normalized spacial score (nSPS) is 10.9. The third-order valence-electron chi connectivity index (χ3n) is 2.74. The molecule has 0 aliphatic rings. The molecule has 0 bridgehead atoms. The molecule has 1 rings (SSSR count). The number of amides is 1. The number of carbonyl (C=O) groups excluding carboxylic acids is 1. The SMILES string of the molecule is CNCCCN(C)Cc1ccc(C(N)=O)cc1F. The van der Waals surface area contributed by atoms with Crippen LogP contribution in [0.5, 0.6) is 0 Å². The summed E-state index contributed by atoms with van der Waals surface area (Å²) in [6.07, 6.45) is 1.01. The quantitative estimate of drug-likeness (QED) is 0.712. The van der Waals surface area contributed by atoms with Gasteiger partial charge in [-0.15, -0.1) is 0 Å². The lowest BCUT2D eigenvalue weighted by molar-refractivity contribution is 0.1000. The number of halogens is 1. The molecule has 0 saturated heterocycles. The third kappa shape index (κ3) is 4.43. The number of hydrogen-bond acceptors (Lipinski definition) is 3. The number of nitrogens with zero attached hydrogens (tertiary/aromatic N) is 1. The number of nitrogens with one attached hydrogen (secondary N) is 1. The predicted octanol–water partition coefficient (Wildman–Crippen LogP) is 0.966. The van der Waals surface area contributed by atoms with Gasteiger partial charge in [-0.2, -0.15) is 0 Å². The number of primary amides is 1. The fourth-order valence-electron chi connectivity index (χ4n) is 1.72. The zero-order valence-electron chi connectivity index (χ0n) is 10.9. The Kier molecular flexibility index (Phi) is 5.74. The fourth-order valence-corrected chi connectivity index (χ4v) is 1.72. The maximum atomic E-state index is 13.7. The lowest BCUT2D eigenvalue weighted by Crippen LogP contribution is -2.23. The summed E-state index contributed by atoms with van der Waals surface area (Å²) < 4.78 is 13.7. The van der Waals surface area contributed by atoms with Crippen LogP contribution in [0.4, 0.5) is 4.39 Å². The van der Waals surface area contributed by atoms with Crippen LogP contribution >= 0.6 is 0 Å². The Morgan fingerprint density at radius 3 is 2.78 bits per heavy atom. The highest BCUT2D eigenvalue weighted by Crippen LogP contribution is 2.12. The van der Waals surface area contributed by atoms with E-state index in [1.165, 1.54) is 6.07 Å². The first-order valence-corrected chi connectivity index (χ1v) is 5.96. The van der Waals surface area contributed by atoms with Crippen LogP contribution in [0.15, 0.2) is 18.2 Å². The highest BCUT2D eigenvalue weighted by atomic mass is 19.1. The Balaban J connectivity index is 2.59. The molecule has 1 amide bonds. The van der Waals surface area contributed by atoms with E-state index in [-0.39, 0.29) is 11.4 Å². The molecular formula is C13H20FN3O. The van der Waals surface area contributed by atoms with Gasteiger partial charge in [-0.05, 0) is 45.7 Å². The number of carbonyl (C=O) groups is 1. The standard InChI is InChI=1S/C13H20FN3O/c1-16-6-3-7-17(2)9-11-5-4-10(13(15)18)8-12(11)14/h4-5,8,16H,3,6-7,9H2,1-2H3,(H2,15,18). The van der Waals surface area contributed by atoms with Crippen LogP contribution in [0, 0.1) is 5.82 Å². The van der Waals surface area contributed by atoms with Gasteiger partial charge in [-0.3, -0.25) is 4.79 Å². The number of benzene rings is 1. The molecule has 0 atom stereocenters. The molecule has 0 saturated carbocycles. The highest BCUT2D eigenvalue weighted by Gasteiger charge is 2.08. The minimum atomic E-state index is -0.608. The lowest BCUT2D eigenvalue weighted by atomic mass is 10.1. The van der Waals surface area contributed by atoms with E-state index in [0.29, 0.717) is 12.1 Å². The van der Waals surface area contributed by atoms with Crippen LogP contribution in [0.2, 0.25) is 0 Å². The molecule has 0 unspecified atom stereocenters. The Bertz CT molecular complexity index is 409. The maximum Gasteiger partial charge on any atom is 0.248 e. The molecule has 0 radical (unpaired) electrons. The van der Waals surface area contributed by atoms with E-state index in [9.17, 15) is 9.18 Å². The Morgan fingerprint density at radius 2 is 2.22 bits per heavy atom. The molecular weight excluding hydrogens is 233 g/mol. The van der Waals surface area contributed by atoms with Crippen LogP contribution < -0.4 is 11.1 Å². The van der Waals surface area contributed by atoms with Crippen LogP contribution in [-0.4, -0.2) is 38.0 Å². The van der Waals surface area contributed by atoms with E-state index in [0.717, 1.165) is 19.5 Å². The van der Waals surface area contributed by atoms with Crippen LogP contribution in [0.3, 0.4) is 0 Å². The first-order chi connectivity index (χ1) is 8.54. The maximum absolute atomic E-state index is 13.7. The topological polar surface area (TPSA) is 58.4 Å². The molecule has 18 heavy (non-hydrogen) atoms. The molecule has 3 N–H and O–H groups in total. The summed E-state index contributed by atoms with van der Waals surface area (Å²) in [7, 11) is 3.85. The highest BCUT2D eigenvalue weighted by molar-refractivity contribution is 5.92. The van der Waals surface area contributed by atoms with Crippen molar-refractivity contribution in [3.63, 3.8) is 0 Å². The van der Waals surface area contributed by atoms with E-state index < -0.39 is 5.91 Å². The Labute approximate surface area is 107 Å².